The maximum Gasteiger partial charge on any atom is 0.253 e. The zero-order valence-electron chi connectivity index (χ0n) is 11.6. The lowest BCUT2D eigenvalue weighted by Crippen LogP contribution is -2.33. The third kappa shape index (κ3) is 3.00. The maximum absolute atomic E-state index is 12.5. The Bertz CT molecular complexity index is 701. The molecular formula is C14H14ClN5O2. The number of carbonyl (C=O) groups excluding carboxylic acids is 1. The van der Waals surface area contributed by atoms with Gasteiger partial charge >= 0.3 is 0 Å². The van der Waals surface area contributed by atoms with E-state index in [1.807, 2.05) is 12.2 Å². The SMILES string of the molecule is O=C(N[C@@H]1C=C[C@H](CO)C1)c1cc(Cl)ccc1-n1cnnn1. The van der Waals surface area contributed by atoms with Crippen molar-refractivity contribution in [3.05, 3.63) is 47.3 Å². The van der Waals surface area contributed by atoms with Crippen molar-refractivity contribution in [1.82, 2.24) is 25.5 Å². The smallest absolute Gasteiger partial charge is 0.253 e. The van der Waals surface area contributed by atoms with Crippen molar-refractivity contribution in [3.8, 4) is 5.69 Å². The molecule has 2 atom stereocenters. The fourth-order valence-corrected chi connectivity index (χ4v) is 2.60. The van der Waals surface area contributed by atoms with Gasteiger partial charge in [-0.15, -0.1) is 5.10 Å². The van der Waals surface area contributed by atoms with Crippen LogP contribution in [0.25, 0.3) is 5.69 Å². The first-order valence-electron chi connectivity index (χ1n) is 6.80. The van der Waals surface area contributed by atoms with Gasteiger partial charge in [0.2, 0.25) is 0 Å². The number of aromatic nitrogens is 4. The predicted molar refractivity (Wildman–Crippen MR) is 79.8 cm³/mol. The van der Waals surface area contributed by atoms with Crippen molar-refractivity contribution in [2.24, 2.45) is 5.92 Å². The molecule has 1 aromatic carbocycles. The van der Waals surface area contributed by atoms with Gasteiger partial charge < -0.3 is 10.4 Å². The molecule has 1 heterocycles. The molecule has 0 radical (unpaired) electrons. The lowest BCUT2D eigenvalue weighted by atomic mass is 10.1. The molecule has 114 valence electrons. The number of aliphatic hydroxyl groups is 1. The van der Waals surface area contributed by atoms with Gasteiger partial charge in [-0.2, -0.15) is 4.68 Å². The number of carbonyl (C=O) groups is 1. The number of aliphatic hydroxyl groups excluding tert-OH is 1. The molecule has 1 aliphatic rings. The van der Waals surface area contributed by atoms with Crippen LogP contribution in [0.5, 0.6) is 0 Å². The third-order valence-corrected chi connectivity index (χ3v) is 3.76. The minimum Gasteiger partial charge on any atom is -0.396 e. The summed E-state index contributed by atoms with van der Waals surface area (Å²) < 4.78 is 1.41. The normalized spacial score (nSPS) is 20.3. The van der Waals surface area contributed by atoms with Gasteiger partial charge in [-0.3, -0.25) is 4.79 Å². The van der Waals surface area contributed by atoms with E-state index < -0.39 is 0 Å². The van der Waals surface area contributed by atoms with Crippen LogP contribution in [0.2, 0.25) is 5.02 Å². The Morgan fingerprint density at radius 1 is 1.45 bits per heavy atom. The first-order valence-corrected chi connectivity index (χ1v) is 7.18. The van der Waals surface area contributed by atoms with E-state index in [9.17, 15) is 4.79 Å². The number of amides is 1. The quantitative estimate of drug-likeness (QED) is 0.820. The van der Waals surface area contributed by atoms with Crippen molar-refractivity contribution in [2.45, 2.75) is 12.5 Å². The van der Waals surface area contributed by atoms with Crippen LogP contribution >= 0.6 is 11.6 Å². The van der Waals surface area contributed by atoms with E-state index in [4.69, 9.17) is 16.7 Å². The molecule has 0 spiro atoms. The zero-order valence-corrected chi connectivity index (χ0v) is 12.3. The standard InChI is InChI=1S/C14H14ClN5O2/c15-10-2-4-13(20-8-16-18-19-20)12(6-10)14(22)17-11-3-1-9(5-11)7-21/h1-4,6,8-9,11,21H,5,7H2,(H,17,22)/t9-,11+/m0/s1. The van der Waals surface area contributed by atoms with E-state index in [2.05, 4.69) is 20.8 Å². The minimum atomic E-state index is -0.263. The Balaban J connectivity index is 1.83. The number of nitrogens with one attached hydrogen (secondary N) is 1. The molecule has 0 saturated carbocycles. The maximum atomic E-state index is 12.5. The predicted octanol–water partition coefficient (Wildman–Crippen LogP) is 0.982. The summed E-state index contributed by atoms with van der Waals surface area (Å²) >= 11 is 6.00. The summed E-state index contributed by atoms with van der Waals surface area (Å²) in [7, 11) is 0. The summed E-state index contributed by atoms with van der Waals surface area (Å²) in [6, 6.07) is 4.84. The van der Waals surface area contributed by atoms with Crippen molar-refractivity contribution < 1.29 is 9.90 Å². The minimum absolute atomic E-state index is 0.0793. The number of rotatable bonds is 4. The van der Waals surface area contributed by atoms with E-state index in [0.717, 1.165) is 0 Å². The lowest BCUT2D eigenvalue weighted by Gasteiger charge is -2.14. The summed E-state index contributed by atoms with van der Waals surface area (Å²) in [4.78, 5) is 12.5. The number of benzene rings is 1. The van der Waals surface area contributed by atoms with Crippen LogP contribution < -0.4 is 5.32 Å². The van der Waals surface area contributed by atoms with E-state index >= 15 is 0 Å². The number of hydrogen-bond acceptors (Lipinski definition) is 5. The highest BCUT2D eigenvalue weighted by Crippen LogP contribution is 2.21. The summed E-state index contributed by atoms with van der Waals surface area (Å²) in [5, 5.41) is 23.5. The van der Waals surface area contributed by atoms with Crippen LogP contribution in [0, 0.1) is 5.92 Å². The molecule has 22 heavy (non-hydrogen) atoms. The lowest BCUT2D eigenvalue weighted by molar-refractivity contribution is 0.0941. The monoisotopic (exact) mass is 319 g/mol. The fraction of sp³-hybridized carbons (Fsp3) is 0.286. The summed E-state index contributed by atoms with van der Waals surface area (Å²) in [5.41, 5.74) is 0.938. The molecule has 0 saturated heterocycles. The number of hydrogen-bond donors (Lipinski definition) is 2. The van der Waals surface area contributed by atoms with Gasteiger partial charge in [0.15, 0.2) is 0 Å². The molecule has 0 aliphatic heterocycles. The van der Waals surface area contributed by atoms with Gasteiger partial charge in [0.05, 0.1) is 11.3 Å². The van der Waals surface area contributed by atoms with Gasteiger partial charge in [0.1, 0.15) is 6.33 Å². The molecule has 2 N–H and O–H groups in total. The van der Waals surface area contributed by atoms with Crippen molar-refractivity contribution in [2.75, 3.05) is 6.61 Å². The Hall–Kier alpha value is -2.25. The number of tetrazole rings is 1. The summed E-state index contributed by atoms with van der Waals surface area (Å²) in [6.07, 6.45) is 5.89. The number of nitrogens with zero attached hydrogens (tertiary/aromatic N) is 4. The Labute approximate surface area is 131 Å². The van der Waals surface area contributed by atoms with Crippen LogP contribution in [0.3, 0.4) is 0 Å². The second kappa shape index (κ2) is 6.25. The van der Waals surface area contributed by atoms with E-state index in [1.165, 1.54) is 11.0 Å². The highest BCUT2D eigenvalue weighted by atomic mass is 35.5. The Morgan fingerprint density at radius 3 is 3.00 bits per heavy atom. The number of halogens is 1. The molecule has 1 amide bonds. The Kier molecular flexibility index (Phi) is 4.17. The van der Waals surface area contributed by atoms with Gasteiger partial charge in [0, 0.05) is 23.6 Å². The molecule has 0 bridgehead atoms. The highest BCUT2D eigenvalue weighted by Gasteiger charge is 2.22. The van der Waals surface area contributed by atoms with Crippen LogP contribution in [0.1, 0.15) is 16.8 Å². The third-order valence-electron chi connectivity index (χ3n) is 3.52. The summed E-state index contributed by atoms with van der Waals surface area (Å²) in [5.74, 6) is -0.176. The molecular weight excluding hydrogens is 306 g/mol. The molecule has 0 unspecified atom stereocenters. The van der Waals surface area contributed by atoms with E-state index in [0.29, 0.717) is 22.7 Å². The van der Waals surface area contributed by atoms with E-state index in [-0.39, 0.29) is 24.5 Å². The fourth-order valence-electron chi connectivity index (χ4n) is 2.42. The molecule has 8 heteroatoms. The van der Waals surface area contributed by atoms with Gasteiger partial charge in [0.25, 0.3) is 5.91 Å². The van der Waals surface area contributed by atoms with Gasteiger partial charge in [-0.05, 0) is 35.0 Å². The molecule has 2 aromatic rings. The second-order valence-electron chi connectivity index (χ2n) is 5.06. The summed E-state index contributed by atoms with van der Waals surface area (Å²) in [6.45, 7) is 0.0793. The largest absolute Gasteiger partial charge is 0.396 e. The van der Waals surface area contributed by atoms with E-state index in [1.54, 1.807) is 18.2 Å². The first-order chi connectivity index (χ1) is 10.7. The average molecular weight is 320 g/mol. The van der Waals surface area contributed by atoms with Crippen LogP contribution in [0.15, 0.2) is 36.7 Å². The second-order valence-corrected chi connectivity index (χ2v) is 5.50. The van der Waals surface area contributed by atoms with Crippen molar-refractivity contribution in [1.29, 1.82) is 0 Å². The average Bonchev–Trinajstić information content (AvgIpc) is 3.18. The van der Waals surface area contributed by atoms with Crippen LogP contribution in [0.4, 0.5) is 0 Å². The first kappa shape index (κ1) is 14.7. The molecule has 3 rings (SSSR count). The molecule has 1 aliphatic carbocycles. The molecule has 7 nitrogen and oxygen atoms in total. The molecule has 0 fully saturated rings. The van der Waals surface area contributed by atoms with Crippen LogP contribution in [-0.2, 0) is 0 Å². The molecule has 1 aromatic heterocycles. The van der Waals surface area contributed by atoms with Gasteiger partial charge in [-0.1, -0.05) is 23.8 Å². The van der Waals surface area contributed by atoms with Crippen LogP contribution in [-0.4, -0.2) is 43.9 Å². The van der Waals surface area contributed by atoms with Crippen molar-refractivity contribution >= 4 is 17.5 Å². The topological polar surface area (TPSA) is 92.9 Å². The zero-order chi connectivity index (χ0) is 15.5. The highest BCUT2D eigenvalue weighted by molar-refractivity contribution is 6.31. The van der Waals surface area contributed by atoms with Gasteiger partial charge in [-0.25, -0.2) is 0 Å². The van der Waals surface area contributed by atoms with Crippen molar-refractivity contribution in [3.63, 3.8) is 0 Å². The Morgan fingerprint density at radius 2 is 2.32 bits per heavy atom.